The van der Waals surface area contributed by atoms with Gasteiger partial charge in [0.1, 0.15) is 5.75 Å². The fourth-order valence-electron chi connectivity index (χ4n) is 1.87. The molecule has 2 aromatic rings. The maximum atomic E-state index is 12.3. The van der Waals surface area contributed by atoms with Crippen LogP contribution in [0.5, 0.6) is 5.75 Å². The fourth-order valence-corrected chi connectivity index (χ4v) is 2.57. The average molecular weight is 302 g/mol. The highest BCUT2D eigenvalue weighted by atomic mass is 32.1. The number of aliphatic hydroxyl groups is 1. The Bertz CT molecular complexity index is 538. The Balaban J connectivity index is 2.07. The highest BCUT2D eigenvalue weighted by molar-refractivity contribution is 7.07. The SMILES string of the molecule is OC(CCc1ccsc1)c1ccccc1OC(F)(F)F. The second-order valence-electron chi connectivity index (χ2n) is 4.27. The third kappa shape index (κ3) is 4.25. The molecule has 0 bridgehead atoms. The molecule has 1 heterocycles. The van der Waals surface area contributed by atoms with Gasteiger partial charge in [0.25, 0.3) is 0 Å². The third-order valence-electron chi connectivity index (χ3n) is 2.79. The van der Waals surface area contributed by atoms with Gasteiger partial charge in [-0.25, -0.2) is 0 Å². The molecule has 1 aromatic heterocycles. The van der Waals surface area contributed by atoms with Gasteiger partial charge >= 0.3 is 6.36 Å². The molecule has 6 heteroatoms. The van der Waals surface area contributed by atoms with Gasteiger partial charge in [0.05, 0.1) is 6.10 Å². The van der Waals surface area contributed by atoms with Crippen molar-refractivity contribution in [3.63, 3.8) is 0 Å². The van der Waals surface area contributed by atoms with Crippen LogP contribution in [0.4, 0.5) is 13.2 Å². The van der Waals surface area contributed by atoms with Crippen molar-refractivity contribution in [3.05, 3.63) is 52.2 Å². The molecule has 1 unspecified atom stereocenters. The van der Waals surface area contributed by atoms with Gasteiger partial charge in [0.2, 0.25) is 0 Å². The van der Waals surface area contributed by atoms with E-state index in [0.717, 1.165) is 5.56 Å². The first-order chi connectivity index (χ1) is 9.46. The number of hydrogen-bond donors (Lipinski definition) is 1. The molecule has 1 aromatic carbocycles. The summed E-state index contributed by atoms with van der Waals surface area (Å²) >= 11 is 1.54. The van der Waals surface area contributed by atoms with Crippen molar-refractivity contribution in [2.24, 2.45) is 0 Å². The van der Waals surface area contributed by atoms with Gasteiger partial charge in [-0.15, -0.1) is 13.2 Å². The molecular formula is C14H13F3O2S. The van der Waals surface area contributed by atoms with Crippen LogP contribution in [-0.4, -0.2) is 11.5 Å². The van der Waals surface area contributed by atoms with E-state index in [9.17, 15) is 18.3 Å². The van der Waals surface area contributed by atoms with E-state index in [0.29, 0.717) is 12.8 Å². The third-order valence-corrected chi connectivity index (χ3v) is 3.52. The van der Waals surface area contributed by atoms with Gasteiger partial charge < -0.3 is 9.84 Å². The Hall–Kier alpha value is -1.53. The quantitative estimate of drug-likeness (QED) is 0.891. The second-order valence-corrected chi connectivity index (χ2v) is 5.05. The average Bonchev–Trinajstić information content (AvgIpc) is 2.88. The summed E-state index contributed by atoms with van der Waals surface area (Å²) in [5.74, 6) is -0.349. The molecule has 2 nitrogen and oxygen atoms in total. The van der Waals surface area contributed by atoms with Crippen LogP contribution in [0.15, 0.2) is 41.1 Å². The Labute approximate surface area is 118 Å². The minimum atomic E-state index is -4.76. The lowest BCUT2D eigenvalue weighted by Gasteiger charge is -2.17. The highest BCUT2D eigenvalue weighted by Crippen LogP contribution is 2.32. The number of alkyl halides is 3. The van der Waals surface area contributed by atoms with Crippen LogP contribution in [0.1, 0.15) is 23.7 Å². The first-order valence-corrected chi connectivity index (χ1v) is 6.94. The zero-order valence-corrected chi connectivity index (χ0v) is 11.2. The van der Waals surface area contributed by atoms with Crippen molar-refractivity contribution in [2.75, 3.05) is 0 Å². The maximum Gasteiger partial charge on any atom is 0.573 e. The van der Waals surface area contributed by atoms with Crippen LogP contribution in [0.3, 0.4) is 0 Å². The first kappa shape index (κ1) is 14.9. The summed E-state index contributed by atoms with van der Waals surface area (Å²) in [7, 11) is 0. The molecule has 0 fully saturated rings. The van der Waals surface area contributed by atoms with E-state index >= 15 is 0 Å². The summed E-state index contributed by atoms with van der Waals surface area (Å²) in [5.41, 5.74) is 1.21. The van der Waals surface area contributed by atoms with Crippen LogP contribution in [-0.2, 0) is 6.42 Å². The summed E-state index contributed by atoms with van der Waals surface area (Å²) in [6.07, 6.45) is -4.81. The molecule has 0 aliphatic carbocycles. The molecule has 20 heavy (non-hydrogen) atoms. The van der Waals surface area contributed by atoms with Crippen molar-refractivity contribution in [2.45, 2.75) is 25.3 Å². The summed E-state index contributed by atoms with van der Waals surface area (Å²) in [6, 6.07) is 7.59. The van der Waals surface area contributed by atoms with Crippen LogP contribution >= 0.6 is 11.3 Å². The molecule has 0 saturated heterocycles. The number of rotatable bonds is 5. The predicted octanol–water partition coefficient (Wildman–Crippen LogP) is 4.31. The number of halogens is 3. The van der Waals surface area contributed by atoms with Crippen molar-refractivity contribution < 1.29 is 23.0 Å². The van der Waals surface area contributed by atoms with Gasteiger partial charge in [0, 0.05) is 5.56 Å². The van der Waals surface area contributed by atoms with Gasteiger partial charge in [-0.1, -0.05) is 18.2 Å². The summed E-state index contributed by atoms with van der Waals surface area (Å²) in [6.45, 7) is 0. The van der Waals surface area contributed by atoms with Crippen molar-refractivity contribution in [3.8, 4) is 5.75 Å². The molecule has 108 valence electrons. The van der Waals surface area contributed by atoms with Crippen LogP contribution in [0.2, 0.25) is 0 Å². The van der Waals surface area contributed by atoms with Crippen molar-refractivity contribution >= 4 is 11.3 Å². The van der Waals surface area contributed by atoms with E-state index in [2.05, 4.69) is 4.74 Å². The number of para-hydroxylation sites is 1. The number of thiophene rings is 1. The number of ether oxygens (including phenoxy) is 1. The van der Waals surface area contributed by atoms with Gasteiger partial charge in [-0.3, -0.25) is 0 Å². The minimum Gasteiger partial charge on any atom is -0.405 e. The van der Waals surface area contributed by atoms with E-state index in [1.54, 1.807) is 17.4 Å². The number of aliphatic hydroxyl groups excluding tert-OH is 1. The first-order valence-electron chi connectivity index (χ1n) is 5.99. The second kappa shape index (κ2) is 6.28. The lowest BCUT2D eigenvalue weighted by molar-refractivity contribution is -0.275. The lowest BCUT2D eigenvalue weighted by Crippen LogP contribution is -2.18. The van der Waals surface area contributed by atoms with E-state index < -0.39 is 12.5 Å². The summed E-state index contributed by atoms with van der Waals surface area (Å²) in [4.78, 5) is 0. The molecule has 0 amide bonds. The Morgan fingerprint density at radius 2 is 1.95 bits per heavy atom. The zero-order chi connectivity index (χ0) is 14.6. The predicted molar refractivity (Wildman–Crippen MR) is 70.7 cm³/mol. The molecule has 1 atom stereocenters. The summed E-state index contributed by atoms with van der Waals surface area (Å²) < 4.78 is 40.8. The van der Waals surface area contributed by atoms with Crippen LogP contribution < -0.4 is 4.74 Å². The Morgan fingerprint density at radius 1 is 1.20 bits per heavy atom. The number of benzene rings is 1. The van der Waals surface area contributed by atoms with E-state index in [-0.39, 0.29) is 11.3 Å². The smallest absolute Gasteiger partial charge is 0.405 e. The minimum absolute atomic E-state index is 0.153. The largest absolute Gasteiger partial charge is 0.573 e. The number of aryl methyl sites for hydroxylation is 1. The van der Waals surface area contributed by atoms with Gasteiger partial charge in [-0.2, -0.15) is 11.3 Å². The zero-order valence-electron chi connectivity index (χ0n) is 10.4. The number of hydrogen-bond acceptors (Lipinski definition) is 3. The highest BCUT2D eigenvalue weighted by Gasteiger charge is 2.32. The Morgan fingerprint density at radius 3 is 2.60 bits per heavy atom. The fraction of sp³-hybridized carbons (Fsp3) is 0.286. The van der Waals surface area contributed by atoms with Crippen LogP contribution in [0.25, 0.3) is 0 Å². The maximum absolute atomic E-state index is 12.3. The van der Waals surface area contributed by atoms with E-state index in [4.69, 9.17) is 0 Å². The molecule has 0 spiro atoms. The molecule has 0 radical (unpaired) electrons. The Kier molecular flexibility index (Phi) is 4.67. The molecule has 0 saturated carbocycles. The lowest BCUT2D eigenvalue weighted by atomic mass is 10.0. The topological polar surface area (TPSA) is 29.5 Å². The van der Waals surface area contributed by atoms with E-state index in [1.807, 2.05) is 16.8 Å². The van der Waals surface area contributed by atoms with Gasteiger partial charge in [0.15, 0.2) is 0 Å². The molecule has 0 aliphatic heterocycles. The monoisotopic (exact) mass is 302 g/mol. The van der Waals surface area contributed by atoms with E-state index in [1.165, 1.54) is 18.2 Å². The standard InChI is InChI=1S/C14H13F3O2S/c15-14(16,17)19-13-4-2-1-3-11(13)12(18)6-5-10-7-8-20-9-10/h1-4,7-9,12,18H,5-6H2. The molecule has 0 aliphatic rings. The van der Waals surface area contributed by atoms with Crippen molar-refractivity contribution in [1.29, 1.82) is 0 Å². The summed E-state index contributed by atoms with van der Waals surface area (Å²) in [5, 5.41) is 13.9. The molecular weight excluding hydrogens is 289 g/mol. The molecule has 1 N–H and O–H groups in total. The van der Waals surface area contributed by atoms with Crippen LogP contribution in [0, 0.1) is 0 Å². The molecule has 2 rings (SSSR count). The van der Waals surface area contributed by atoms with Gasteiger partial charge in [-0.05, 0) is 41.3 Å². The van der Waals surface area contributed by atoms with Crippen molar-refractivity contribution in [1.82, 2.24) is 0 Å². The normalized spacial score (nSPS) is 13.2.